The summed E-state index contributed by atoms with van der Waals surface area (Å²) in [5, 5.41) is 8.68. The summed E-state index contributed by atoms with van der Waals surface area (Å²) >= 11 is 0. The van der Waals surface area contributed by atoms with Gasteiger partial charge in [0.15, 0.2) is 6.61 Å². The van der Waals surface area contributed by atoms with Gasteiger partial charge in [-0.15, -0.1) is 0 Å². The van der Waals surface area contributed by atoms with E-state index in [1.165, 1.54) is 0 Å². The van der Waals surface area contributed by atoms with Crippen LogP contribution in [0.4, 0.5) is 0 Å². The second kappa shape index (κ2) is 6.21. The molecule has 1 heterocycles. The molecule has 1 atom stereocenters. The number of morpholine rings is 1. The predicted octanol–water partition coefficient (Wildman–Crippen LogP) is 1.18. The number of carbonyl (C=O) groups excluding carboxylic acids is 1. The molecule has 0 aliphatic carbocycles. The van der Waals surface area contributed by atoms with Gasteiger partial charge in [-0.3, -0.25) is 4.79 Å². The lowest BCUT2D eigenvalue weighted by atomic mass is 10.2. The average Bonchev–Trinajstić information content (AvgIpc) is 2.46. The van der Waals surface area contributed by atoms with Gasteiger partial charge in [0.25, 0.3) is 5.91 Å². The van der Waals surface area contributed by atoms with Crippen molar-refractivity contribution < 1.29 is 14.3 Å². The first kappa shape index (κ1) is 13.4. The number of hydrogen-bond donors (Lipinski definition) is 0. The number of rotatable bonds is 3. The van der Waals surface area contributed by atoms with E-state index < -0.39 is 0 Å². The van der Waals surface area contributed by atoms with E-state index in [1.54, 1.807) is 29.2 Å². The van der Waals surface area contributed by atoms with E-state index >= 15 is 0 Å². The summed E-state index contributed by atoms with van der Waals surface area (Å²) in [6.07, 6.45) is 0. The highest BCUT2D eigenvalue weighted by Gasteiger charge is 2.23. The SMILES string of the molecule is CC1COCCN1C(=O)COc1ccc(C#N)cc1. The van der Waals surface area contributed by atoms with Crippen molar-refractivity contribution in [2.45, 2.75) is 13.0 Å². The Hall–Kier alpha value is -2.06. The summed E-state index contributed by atoms with van der Waals surface area (Å²) < 4.78 is 10.7. The molecule has 2 rings (SSSR count). The summed E-state index contributed by atoms with van der Waals surface area (Å²) in [5.41, 5.74) is 0.570. The molecule has 0 bridgehead atoms. The van der Waals surface area contributed by atoms with Crippen LogP contribution < -0.4 is 4.74 Å². The van der Waals surface area contributed by atoms with Gasteiger partial charge in [0.2, 0.25) is 0 Å². The van der Waals surface area contributed by atoms with Crippen LogP contribution in [0.1, 0.15) is 12.5 Å². The molecule has 1 amide bonds. The lowest BCUT2D eigenvalue weighted by Crippen LogP contribution is -2.48. The van der Waals surface area contributed by atoms with Gasteiger partial charge in [0.1, 0.15) is 5.75 Å². The Balaban J connectivity index is 1.87. The van der Waals surface area contributed by atoms with Crippen LogP contribution in [-0.2, 0) is 9.53 Å². The van der Waals surface area contributed by atoms with Crippen LogP contribution in [0.3, 0.4) is 0 Å². The third kappa shape index (κ3) is 3.46. The van der Waals surface area contributed by atoms with Crippen molar-refractivity contribution in [1.82, 2.24) is 4.90 Å². The van der Waals surface area contributed by atoms with Crippen LogP contribution in [-0.4, -0.2) is 43.2 Å². The first-order chi connectivity index (χ1) is 9.20. The van der Waals surface area contributed by atoms with Gasteiger partial charge >= 0.3 is 0 Å². The van der Waals surface area contributed by atoms with Crippen molar-refractivity contribution in [3.63, 3.8) is 0 Å². The average molecular weight is 260 g/mol. The van der Waals surface area contributed by atoms with Crippen molar-refractivity contribution in [2.24, 2.45) is 0 Å². The second-order valence-corrected chi connectivity index (χ2v) is 4.44. The molecule has 1 aliphatic heterocycles. The molecule has 100 valence electrons. The normalized spacial score (nSPS) is 18.7. The summed E-state index contributed by atoms with van der Waals surface area (Å²) in [5.74, 6) is 0.549. The zero-order valence-corrected chi connectivity index (χ0v) is 10.8. The monoisotopic (exact) mass is 260 g/mol. The van der Waals surface area contributed by atoms with Gasteiger partial charge in [-0.25, -0.2) is 0 Å². The van der Waals surface area contributed by atoms with Crippen molar-refractivity contribution in [2.75, 3.05) is 26.4 Å². The Morgan fingerprint density at radius 1 is 1.53 bits per heavy atom. The highest BCUT2D eigenvalue weighted by Crippen LogP contribution is 2.12. The number of amides is 1. The first-order valence-corrected chi connectivity index (χ1v) is 6.21. The van der Waals surface area contributed by atoms with Gasteiger partial charge in [0, 0.05) is 6.54 Å². The van der Waals surface area contributed by atoms with Gasteiger partial charge in [-0.05, 0) is 31.2 Å². The van der Waals surface area contributed by atoms with E-state index in [1.807, 2.05) is 13.0 Å². The molecular weight excluding hydrogens is 244 g/mol. The number of benzene rings is 1. The number of carbonyl (C=O) groups is 1. The van der Waals surface area contributed by atoms with Crippen LogP contribution in [0.2, 0.25) is 0 Å². The third-order valence-corrected chi connectivity index (χ3v) is 3.03. The third-order valence-electron chi connectivity index (χ3n) is 3.03. The zero-order chi connectivity index (χ0) is 13.7. The van der Waals surface area contributed by atoms with Crippen molar-refractivity contribution >= 4 is 5.91 Å². The summed E-state index contributed by atoms with van der Waals surface area (Å²) in [7, 11) is 0. The van der Waals surface area contributed by atoms with E-state index in [4.69, 9.17) is 14.7 Å². The molecule has 0 N–H and O–H groups in total. The molecule has 0 radical (unpaired) electrons. The molecule has 1 aromatic rings. The Labute approximate surface area is 112 Å². The molecular formula is C14H16N2O3. The minimum Gasteiger partial charge on any atom is -0.484 e. The minimum absolute atomic E-state index is 0.0102. The molecule has 5 heteroatoms. The zero-order valence-electron chi connectivity index (χ0n) is 10.8. The van der Waals surface area contributed by atoms with Gasteiger partial charge in [-0.1, -0.05) is 0 Å². The predicted molar refractivity (Wildman–Crippen MR) is 68.6 cm³/mol. The molecule has 1 saturated heterocycles. The second-order valence-electron chi connectivity index (χ2n) is 4.44. The molecule has 5 nitrogen and oxygen atoms in total. The largest absolute Gasteiger partial charge is 0.484 e. The van der Waals surface area contributed by atoms with Crippen molar-refractivity contribution in [3.05, 3.63) is 29.8 Å². The Morgan fingerprint density at radius 2 is 2.26 bits per heavy atom. The summed E-state index contributed by atoms with van der Waals surface area (Å²) in [6.45, 7) is 3.72. The van der Waals surface area contributed by atoms with Crippen LogP contribution in [0.5, 0.6) is 5.75 Å². The first-order valence-electron chi connectivity index (χ1n) is 6.21. The number of ether oxygens (including phenoxy) is 2. The minimum atomic E-state index is -0.0415. The standard InChI is InChI=1S/C14H16N2O3/c1-11-9-18-7-6-16(11)14(17)10-19-13-4-2-12(8-15)3-5-13/h2-5,11H,6-7,9-10H2,1H3. The van der Waals surface area contributed by atoms with Crippen LogP contribution >= 0.6 is 0 Å². The maximum absolute atomic E-state index is 12.0. The quantitative estimate of drug-likeness (QED) is 0.818. The fourth-order valence-electron chi connectivity index (χ4n) is 1.95. The van der Waals surface area contributed by atoms with E-state index in [-0.39, 0.29) is 18.6 Å². The maximum Gasteiger partial charge on any atom is 0.260 e. The molecule has 0 spiro atoms. The smallest absolute Gasteiger partial charge is 0.260 e. The topological polar surface area (TPSA) is 62.6 Å². The van der Waals surface area contributed by atoms with E-state index in [9.17, 15) is 4.79 Å². The highest BCUT2D eigenvalue weighted by atomic mass is 16.5. The summed E-state index contributed by atoms with van der Waals surface area (Å²) in [4.78, 5) is 13.8. The molecule has 0 aromatic heterocycles. The number of nitrogens with zero attached hydrogens (tertiary/aromatic N) is 2. The number of hydrogen-bond acceptors (Lipinski definition) is 4. The van der Waals surface area contributed by atoms with Gasteiger partial charge < -0.3 is 14.4 Å². The Bertz CT molecular complexity index is 478. The van der Waals surface area contributed by atoms with E-state index in [2.05, 4.69) is 0 Å². The maximum atomic E-state index is 12.0. The molecule has 19 heavy (non-hydrogen) atoms. The molecule has 1 aromatic carbocycles. The van der Waals surface area contributed by atoms with Gasteiger partial charge in [0.05, 0.1) is 30.9 Å². The van der Waals surface area contributed by atoms with Crippen molar-refractivity contribution in [1.29, 1.82) is 5.26 Å². The van der Waals surface area contributed by atoms with E-state index in [0.717, 1.165) is 0 Å². The highest BCUT2D eigenvalue weighted by molar-refractivity contribution is 5.78. The molecule has 1 aliphatic rings. The number of nitriles is 1. The fourth-order valence-corrected chi connectivity index (χ4v) is 1.95. The Kier molecular flexibility index (Phi) is 4.37. The summed E-state index contributed by atoms with van der Waals surface area (Å²) in [6, 6.07) is 8.83. The lowest BCUT2D eigenvalue weighted by Gasteiger charge is -2.33. The molecule has 1 fully saturated rings. The van der Waals surface area contributed by atoms with Crippen LogP contribution in [0.25, 0.3) is 0 Å². The van der Waals surface area contributed by atoms with E-state index in [0.29, 0.717) is 31.1 Å². The van der Waals surface area contributed by atoms with Crippen molar-refractivity contribution in [3.8, 4) is 11.8 Å². The fraction of sp³-hybridized carbons (Fsp3) is 0.429. The molecule has 0 saturated carbocycles. The Morgan fingerprint density at radius 3 is 2.89 bits per heavy atom. The van der Waals surface area contributed by atoms with Gasteiger partial charge in [-0.2, -0.15) is 5.26 Å². The lowest BCUT2D eigenvalue weighted by molar-refractivity contribution is -0.141. The van der Waals surface area contributed by atoms with Crippen LogP contribution in [0, 0.1) is 11.3 Å². The molecule has 1 unspecified atom stereocenters. The van der Waals surface area contributed by atoms with Crippen LogP contribution in [0.15, 0.2) is 24.3 Å².